The highest BCUT2D eigenvalue weighted by Gasteiger charge is 2.38. The molecule has 1 amide bonds. The molecule has 1 spiro atoms. The van der Waals surface area contributed by atoms with Gasteiger partial charge in [-0.15, -0.1) is 0 Å². The van der Waals surface area contributed by atoms with Crippen molar-refractivity contribution in [2.45, 2.75) is 25.4 Å². The second-order valence-corrected chi connectivity index (χ2v) is 8.08. The fraction of sp³-hybridized carbons (Fsp3) is 0.400. The topological polar surface area (TPSA) is 71.0 Å². The Bertz CT molecular complexity index is 962. The number of methoxy groups -OCH3 is 1. The number of aromatic hydroxyl groups is 1. The first-order valence-electron chi connectivity index (χ1n) is 10.9. The molecule has 6 nitrogen and oxygen atoms in total. The van der Waals surface area contributed by atoms with Gasteiger partial charge in [0.25, 0.3) is 5.91 Å². The number of amides is 1. The van der Waals surface area contributed by atoms with E-state index < -0.39 is 0 Å². The van der Waals surface area contributed by atoms with Crippen LogP contribution in [0.15, 0.2) is 48.5 Å². The van der Waals surface area contributed by atoms with Crippen molar-refractivity contribution in [1.29, 1.82) is 0 Å². The Labute approximate surface area is 183 Å². The second kappa shape index (κ2) is 9.12. The number of likely N-dealkylation sites (N-methyl/N-ethyl adjacent to an activating group) is 1. The highest BCUT2D eigenvalue weighted by Crippen LogP contribution is 2.46. The van der Waals surface area contributed by atoms with Crippen LogP contribution < -0.4 is 10.1 Å². The molecule has 164 valence electrons. The Morgan fingerprint density at radius 1 is 1.19 bits per heavy atom. The smallest absolute Gasteiger partial charge is 0.253 e. The minimum atomic E-state index is -0.380. The van der Waals surface area contributed by atoms with E-state index in [0.717, 1.165) is 37.1 Å². The minimum Gasteiger partial charge on any atom is -0.507 e. The highest BCUT2D eigenvalue weighted by molar-refractivity contribution is 5.95. The van der Waals surface area contributed by atoms with Crippen LogP contribution in [0.25, 0.3) is 5.57 Å². The fourth-order valence-electron chi connectivity index (χ4n) is 4.36. The second-order valence-electron chi connectivity index (χ2n) is 8.08. The molecule has 0 saturated carbocycles. The summed E-state index contributed by atoms with van der Waals surface area (Å²) >= 11 is 0. The first-order valence-corrected chi connectivity index (χ1v) is 10.9. The summed E-state index contributed by atoms with van der Waals surface area (Å²) in [6, 6.07) is 13.0. The SMILES string of the molecule is CCN(CCOC)C(=O)c1ccc(C2=CC3(CCNCC3)Oc3cccc(O)c32)cc1. The molecule has 2 aromatic rings. The van der Waals surface area contributed by atoms with E-state index in [4.69, 9.17) is 9.47 Å². The van der Waals surface area contributed by atoms with E-state index >= 15 is 0 Å². The summed E-state index contributed by atoms with van der Waals surface area (Å²) in [7, 11) is 1.64. The third-order valence-corrected chi connectivity index (χ3v) is 6.12. The van der Waals surface area contributed by atoms with Crippen LogP contribution in [0.3, 0.4) is 0 Å². The number of rotatable bonds is 6. The summed E-state index contributed by atoms with van der Waals surface area (Å²) in [6.07, 6.45) is 3.89. The molecule has 0 radical (unpaired) electrons. The molecule has 0 aromatic heterocycles. The Morgan fingerprint density at radius 2 is 1.94 bits per heavy atom. The average Bonchev–Trinajstić information content (AvgIpc) is 2.79. The first-order chi connectivity index (χ1) is 15.1. The van der Waals surface area contributed by atoms with Crippen molar-refractivity contribution in [3.63, 3.8) is 0 Å². The number of carbonyl (C=O) groups excluding carboxylic acids is 1. The Hall–Kier alpha value is -2.83. The standard InChI is InChI=1S/C25H30N2O4/c1-3-27(15-16-30-2)24(29)19-9-7-18(8-10-19)20-17-25(11-13-26-14-12-25)31-22-6-4-5-21(28)23(20)22/h4-10,17,26,28H,3,11-16H2,1-2H3. The van der Waals surface area contributed by atoms with Crippen molar-refractivity contribution in [2.75, 3.05) is 39.9 Å². The van der Waals surface area contributed by atoms with Gasteiger partial charge in [-0.05, 0) is 61.5 Å². The molecule has 2 heterocycles. The van der Waals surface area contributed by atoms with Crippen LogP contribution in [0.4, 0.5) is 0 Å². The number of fused-ring (bicyclic) bond motifs is 1. The normalized spacial score (nSPS) is 16.9. The zero-order chi connectivity index (χ0) is 21.8. The van der Waals surface area contributed by atoms with Gasteiger partial charge >= 0.3 is 0 Å². The van der Waals surface area contributed by atoms with Crippen LogP contribution in [0, 0.1) is 0 Å². The summed E-state index contributed by atoms with van der Waals surface area (Å²) in [5, 5.41) is 14.0. The van der Waals surface area contributed by atoms with Gasteiger partial charge in [0, 0.05) is 38.6 Å². The number of benzene rings is 2. The molecule has 0 bridgehead atoms. The lowest BCUT2D eigenvalue weighted by Crippen LogP contribution is -2.46. The number of phenols is 1. The van der Waals surface area contributed by atoms with Crippen molar-refractivity contribution < 1.29 is 19.4 Å². The van der Waals surface area contributed by atoms with Crippen LogP contribution in [-0.2, 0) is 4.74 Å². The molecule has 2 aliphatic rings. The van der Waals surface area contributed by atoms with Gasteiger partial charge in [-0.1, -0.05) is 18.2 Å². The molecule has 1 saturated heterocycles. The number of phenolic OH excluding ortho intramolecular Hbond substituents is 1. The number of carbonyl (C=O) groups is 1. The number of hydrogen-bond acceptors (Lipinski definition) is 5. The van der Waals surface area contributed by atoms with Gasteiger partial charge in [-0.2, -0.15) is 0 Å². The van der Waals surface area contributed by atoms with Gasteiger partial charge in [0.1, 0.15) is 17.1 Å². The number of nitrogens with one attached hydrogen (secondary N) is 1. The summed E-state index contributed by atoms with van der Waals surface area (Å²) in [6.45, 7) is 5.45. The van der Waals surface area contributed by atoms with Gasteiger partial charge in [-0.3, -0.25) is 4.79 Å². The molecule has 4 rings (SSSR count). The molecule has 2 N–H and O–H groups in total. The van der Waals surface area contributed by atoms with E-state index in [1.54, 1.807) is 18.1 Å². The van der Waals surface area contributed by atoms with E-state index in [1.807, 2.05) is 43.3 Å². The predicted octanol–water partition coefficient (Wildman–Crippen LogP) is 3.45. The predicted molar refractivity (Wildman–Crippen MR) is 121 cm³/mol. The molecular weight excluding hydrogens is 392 g/mol. The van der Waals surface area contributed by atoms with Crippen LogP contribution in [0.2, 0.25) is 0 Å². The molecule has 6 heteroatoms. The van der Waals surface area contributed by atoms with Gasteiger partial charge in [0.2, 0.25) is 0 Å². The van der Waals surface area contributed by atoms with Crippen LogP contribution in [0.5, 0.6) is 11.5 Å². The monoisotopic (exact) mass is 422 g/mol. The third-order valence-electron chi connectivity index (χ3n) is 6.12. The molecule has 0 unspecified atom stereocenters. The van der Waals surface area contributed by atoms with Crippen molar-refractivity contribution in [3.05, 3.63) is 65.2 Å². The van der Waals surface area contributed by atoms with Crippen LogP contribution in [0.1, 0.15) is 41.3 Å². The van der Waals surface area contributed by atoms with Gasteiger partial charge < -0.3 is 24.8 Å². The maximum absolute atomic E-state index is 12.9. The quantitative estimate of drug-likeness (QED) is 0.746. The summed E-state index contributed by atoms with van der Waals surface area (Å²) in [4.78, 5) is 14.6. The number of piperidine rings is 1. The first kappa shape index (κ1) is 21.4. The van der Waals surface area contributed by atoms with Crippen molar-refractivity contribution in [2.24, 2.45) is 0 Å². The van der Waals surface area contributed by atoms with E-state index in [1.165, 1.54) is 0 Å². The van der Waals surface area contributed by atoms with E-state index in [2.05, 4.69) is 11.4 Å². The van der Waals surface area contributed by atoms with Crippen molar-refractivity contribution >= 4 is 11.5 Å². The third kappa shape index (κ3) is 4.31. The van der Waals surface area contributed by atoms with Crippen molar-refractivity contribution in [3.8, 4) is 11.5 Å². The van der Waals surface area contributed by atoms with E-state index in [-0.39, 0.29) is 17.3 Å². The lowest BCUT2D eigenvalue weighted by atomic mass is 9.83. The van der Waals surface area contributed by atoms with E-state index in [0.29, 0.717) is 36.6 Å². The van der Waals surface area contributed by atoms with Gasteiger partial charge in [0.15, 0.2) is 0 Å². The Balaban J connectivity index is 1.68. The van der Waals surface area contributed by atoms with Crippen LogP contribution >= 0.6 is 0 Å². The molecule has 0 aliphatic carbocycles. The zero-order valence-corrected chi connectivity index (χ0v) is 18.2. The number of ether oxygens (including phenoxy) is 2. The molecule has 1 fully saturated rings. The lowest BCUT2D eigenvalue weighted by molar-refractivity contribution is 0.0706. The van der Waals surface area contributed by atoms with Crippen LogP contribution in [-0.4, -0.2) is 61.4 Å². The van der Waals surface area contributed by atoms with E-state index in [9.17, 15) is 9.90 Å². The average molecular weight is 423 g/mol. The maximum Gasteiger partial charge on any atom is 0.253 e. The minimum absolute atomic E-state index is 0.00914. The summed E-state index contributed by atoms with van der Waals surface area (Å²) < 4.78 is 11.5. The van der Waals surface area contributed by atoms with Gasteiger partial charge in [0.05, 0.1) is 12.2 Å². The molecule has 2 aromatic carbocycles. The van der Waals surface area contributed by atoms with Crippen molar-refractivity contribution in [1.82, 2.24) is 10.2 Å². The number of hydrogen-bond donors (Lipinski definition) is 2. The largest absolute Gasteiger partial charge is 0.507 e. The molecular formula is C25H30N2O4. The molecule has 0 atom stereocenters. The summed E-state index contributed by atoms with van der Waals surface area (Å²) in [5.41, 5.74) is 2.88. The Morgan fingerprint density at radius 3 is 2.61 bits per heavy atom. The fourth-order valence-corrected chi connectivity index (χ4v) is 4.36. The van der Waals surface area contributed by atoms with Gasteiger partial charge in [-0.25, -0.2) is 0 Å². The highest BCUT2D eigenvalue weighted by atomic mass is 16.5. The lowest BCUT2D eigenvalue weighted by Gasteiger charge is -2.40. The number of nitrogens with zero attached hydrogens (tertiary/aromatic N) is 1. The maximum atomic E-state index is 12.9. The zero-order valence-electron chi connectivity index (χ0n) is 18.2. The molecule has 2 aliphatic heterocycles. The summed E-state index contributed by atoms with van der Waals surface area (Å²) in [5.74, 6) is 0.894. The molecule has 31 heavy (non-hydrogen) atoms. The Kier molecular flexibility index (Phi) is 6.30.